The van der Waals surface area contributed by atoms with Crippen LogP contribution in [0.4, 0.5) is 0 Å². The van der Waals surface area contributed by atoms with Crippen molar-refractivity contribution >= 4 is 6.21 Å². The van der Waals surface area contributed by atoms with E-state index in [-0.39, 0.29) is 7.43 Å². The molecule has 1 aromatic rings. The zero-order chi connectivity index (χ0) is 10.9. The van der Waals surface area contributed by atoms with E-state index in [4.69, 9.17) is 3.80 Å². The summed E-state index contributed by atoms with van der Waals surface area (Å²) in [4.78, 5) is 8.69. The number of aromatic nitrogens is 1. The monoisotopic (exact) mass is 258 g/mol. The van der Waals surface area contributed by atoms with E-state index in [1.807, 2.05) is 24.5 Å². The first kappa shape index (κ1) is 15.3. The second-order valence-electron chi connectivity index (χ2n) is 3.63. The van der Waals surface area contributed by atoms with Gasteiger partial charge in [-0.25, -0.2) is 0 Å². The Balaban J connectivity index is 0.000000711. The van der Waals surface area contributed by atoms with Crippen LogP contribution in [0.25, 0.3) is 0 Å². The fourth-order valence-electron chi connectivity index (χ4n) is 1.80. The minimum absolute atomic E-state index is 0. The predicted molar refractivity (Wildman–Crippen MR) is 61.3 cm³/mol. The number of hydrogen-bond acceptors (Lipinski definition) is 2. The van der Waals surface area contributed by atoms with Crippen LogP contribution in [0.5, 0.6) is 0 Å². The summed E-state index contributed by atoms with van der Waals surface area (Å²) in [6.07, 6.45) is 10.3. The van der Waals surface area contributed by atoms with E-state index in [0.717, 1.165) is 5.69 Å². The number of nitrogens with zero attached hydrogens (tertiary/aromatic N) is 2. The Hall–Kier alpha value is -0.718. The molecular weight excluding hydrogens is 240 g/mol. The third-order valence-corrected chi connectivity index (χ3v) is 2.57. The van der Waals surface area contributed by atoms with Gasteiger partial charge in [0.15, 0.2) is 0 Å². The second kappa shape index (κ2) is 9.50. The van der Waals surface area contributed by atoms with Crippen LogP contribution in [-0.2, 0) is 20.0 Å². The predicted octanol–water partition coefficient (Wildman–Crippen LogP) is 2.72. The molecule has 90 valence electrons. The Morgan fingerprint density at radius 3 is 2.56 bits per heavy atom. The van der Waals surface area contributed by atoms with Crippen molar-refractivity contribution in [2.45, 2.75) is 38.1 Å². The number of hydrogen-bond donors (Lipinski definition) is 0. The molecule has 0 radical (unpaired) electrons. The summed E-state index contributed by atoms with van der Waals surface area (Å²) in [6, 6.07) is 4.50. The van der Waals surface area contributed by atoms with Gasteiger partial charge < -0.3 is 12.4 Å². The Morgan fingerprint density at radius 1 is 1.31 bits per heavy atom. The molecule has 0 saturated heterocycles. The molecular formula is C12H18CrN2O-2. The Bertz CT molecular complexity index is 279. The topological polar surface area (TPSA) is 43.5 Å². The number of rotatable bonds is 2. The molecule has 0 atom stereocenters. The summed E-state index contributed by atoms with van der Waals surface area (Å²) in [7, 11) is 0. The first-order valence-electron chi connectivity index (χ1n) is 5.23. The van der Waals surface area contributed by atoms with Crippen molar-refractivity contribution in [3.8, 4) is 0 Å². The van der Waals surface area contributed by atoms with Crippen LogP contribution in [0, 0.1) is 7.43 Å². The van der Waals surface area contributed by atoms with Crippen molar-refractivity contribution in [1.29, 1.82) is 0 Å². The van der Waals surface area contributed by atoms with Gasteiger partial charge in [-0.05, 0) is 12.8 Å². The molecule has 1 aliphatic carbocycles. The second-order valence-corrected chi connectivity index (χ2v) is 3.63. The molecule has 16 heavy (non-hydrogen) atoms. The molecule has 0 N–H and O–H groups in total. The maximum atomic E-state index is 8.12. The molecule has 1 aliphatic rings. The average Bonchev–Trinajstić information content (AvgIpc) is 2.83. The van der Waals surface area contributed by atoms with Crippen LogP contribution in [0.2, 0.25) is 0 Å². The Morgan fingerprint density at radius 2 is 2.00 bits per heavy atom. The van der Waals surface area contributed by atoms with Crippen LogP contribution < -0.4 is 4.98 Å². The zero-order valence-corrected chi connectivity index (χ0v) is 10.9. The van der Waals surface area contributed by atoms with Gasteiger partial charge in [-0.3, -0.25) is 4.99 Å². The Labute approximate surface area is 106 Å². The van der Waals surface area contributed by atoms with Gasteiger partial charge in [0.1, 0.15) is 0 Å². The van der Waals surface area contributed by atoms with Crippen LogP contribution in [0.1, 0.15) is 37.8 Å². The molecule has 1 heterocycles. The van der Waals surface area contributed by atoms with E-state index in [1.165, 1.54) is 48.3 Å². The van der Waals surface area contributed by atoms with Crippen molar-refractivity contribution in [2.75, 3.05) is 0 Å². The van der Waals surface area contributed by atoms with Crippen molar-refractivity contribution < 1.29 is 20.0 Å². The van der Waals surface area contributed by atoms with Gasteiger partial charge in [0.05, 0.1) is 0 Å². The van der Waals surface area contributed by atoms with Gasteiger partial charge in [-0.2, -0.15) is 6.20 Å². The van der Waals surface area contributed by atoms with Gasteiger partial charge in [0.2, 0.25) is 0 Å². The van der Waals surface area contributed by atoms with Crippen LogP contribution >= 0.6 is 0 Å². The average molecular weight is 258 g/mol. The SMILES string of the molecule is C(=NC1CCCCC1)c1ccc[n-]1.[CH3-].[O]=[Cr]. The standard InChI is InChI=1S/C11H15N2.CH3.Cr.O/c1-2-5-10(6-3-1)13-9-11-7-4-8-12-11;;;/h4,7-10H,1-3,5-6H2;1H3;;/q2*-1;;. The molecule has 0 unspecified atom stereocenters. The summed E-state index contributed by atoms with van der Waals surface area (Å²) in [6.45, 7) is 0. The molecule has 4 heteroatoms. The summed E-state index contributed by atoms with van der Waals surface area (Å²) in [5.41, 5.74) is 0.991. The summed E-state index contributed by atoms with van der Waals surface area (Å²) in [5, 5.41) is 0. The third kappa shape index (κ3) is 5.39. The van der Waals surface area contributed by atoms with Gasteiger partial charge >= 0.3 is 20.0 Å². The van der Waals surface area contributed by atoms with E-state index >= 15 is 0 Å². The number of aliphatic imine (C=N–C) groups is 1. The first-order chi connectivity index (χ1) is 7.45. The minimum atomic E-state index is 0. The van der Waals surface area contributed by atoms with Gasteiger partial charge in [0.25, 0.3) is 0 Å². The van der Waals surface area contributed by atoms with Gasteiger partial charge in [-0.1, -0.05) is 31.4 Å². The summed E-state index contributed by atoms with van der Waals surface area (Å²) >= 11 is 1.38. The molecule has 0 amide bonds. The molecule has 0 bridgehead atoms. The van der Waals surface area contributed by atoms with Gasteiger partial charge in [0, 0.05) is 12.3 Å². The molecule has 0 aliphatic heterocycles. The summed E-state index contributed by atoms with van der Waals surface area (Å²) in [5.74, 6) is 0. The van der Waals surface area contributed by atoms with Crippen LogP contribution in [0.3, 0.4) is 0 Å². The molecule has 1 fully saturated rings. The van der Waals surface area contributed by atoms with E-state index in [0.29, 0.717) is 6.04 Å². The van der Waals surface area contributed by atoms with E-state index < -0.39 is 0 Å². The molecule has 0 spiro atoms. The first-order valence-corrected chi connectivity index (χ1v) is 5.75. The molecule has 2 rings (SSSR count). The quantitative estimate of drug-likeness (QED) is 0.604. The maximum absolute atomic E-state index is 8.12. The third-order valence-electron chi connectivity index (χ3n) is 2.57. The van der Waals surface area contributed by atoms with Crippen molar-refractivity contribution in [1.82, 2.24) is 4.98 Å². The van der Waals surface area contributed by atoms with E-state index in [1.54, 1.807) is 0 Å². The Kier molecular flexibility index (Phi) is 9.08. The zero-order valence-electron chi connectivity index (χ0n) is 9.63. The molecule has 1 aromatic heterocycles. The molecule has 0 aromatic carbocycles. The van der Waals surface area contributed by atoms with Crippen molar-refractivity contribution in [3.63, 3.8) is 0 Å². The normalized spacial score (nSPS) is 16.2. The molecule has 3 nitrogen and oxygen atoms in total. The van der Waals surface area contributed by atoms with E-state index in [9.17, 15) is 0 Å². The fraction of sp³-hybridized carbons (Fsp3) is 0.500. The van der Waals surface area contributed by atoms with E-state index in [2.05, 4.69) is 9.98 Å². The summed E-state index contributed by atoms with van der Waals surface area (Å²) < 4.78 is 8.12. The van der Waals surface area contributed by atoms with Crippen LogP contribution in [-0.4, -0.2) is 12.3 Å². The molecule has 1 saturated carbocycles. The van der Waals surface area contributed by atoms with Crippen molar-refractivity contribution in [3.05, 3.63) is 31.5 Å². The fourth-order valence-corrected chi connectivity index (χ4v) is 1.80. The van der Waals surface area contributed by atoms with Gasteiger partial charge in [-0.15, -0.1) is 5.69 Å². The van der Waals surface area contributed by atoms with Crippen LogP contribution in [0.15, 0.2) is 23.3 Å². The van der Waals surface area contributed by atoms with Crippen molar-refractivity contribution in [2.24, 2.45) is 4.99 Å².